The van der Waals surface area contributed by atoms with Gasteiger partial charge in [0.1, 0.15) is 11.0 Å². The van der Waals surface area contributed by atoms with E-state index in [-0.39, 0.29) is 12.5 Å². The summed E-state index contributed by atoms with van der Waals surface area (Å²) in [5, 5.41) is 19.2. The largest absolute Gasteiger partial charge is 0.385 e. The Bertz CT molecular complexity index is 865. The molecular formula is C15H11N5O2. The van der Waals surface area contributed by atoms with Crippen LogP contribution in [-0.2, 0) is 4.79 Å². The Balaban J connectivity index is 1.64. The van der Waals surface area contributed by atoms with E-state index in [9.17, 15) is 4.79 Å². The Morgan fingerprint density at radius 1 is 1.27 bits per heavy atom. The number of carbonyl (C=O) groups is 1. The highest BCUT2D eigenvalue weighted by Gasteiger charge is 2.08. The van der Waals surface area contributed by atoms with Gasteiger partial charge in [0.25, 0.3) is 5.91 Å². The van der Waals surface area contributed by atoms with Crippen LogP contribution in [0.1, 0.15) is 5.56 Å². The van der Waals surface area contributed by atoms with Gasteiger partial charge in [0, 0.05) is 5.69 Å². The standard InChI is InChI=1S/C15H11N5O2/c16-9-11-4-3-5-12(8-11)17-15(21)10-22-20-14-7-2-1-6-13(14)18-19-20/h1-8H,10H2,(H,17,21). The van der Waals surface area contributed by atoms with Gasteiger partial charge in [-0.2, -0.15) is 5.26 Å². The molecule has 0 atom stereocenters. The summed E-state index contributed by atoms with van der Waals surface area (Å²) in [5.74, 6) is -0.352. The van der Waals surface area contributed by atoms with E-state index in [0.29, 0.717) is 22.3 Å². The van der Waals surface area contributed by atoms with Crippen LogP contribution in [0.15, 0.2) is 48.5 Å². The lowest BCUT2D eigenvalue weighted by atomic mass is 10.2. The molecule has 0 aliphatic rings. The zero-order chi connectivity index (χ0) is 15.4. The van der Waals surface area contributed by atoms with Crippen molar-refractivity contribution in [3.05, 3.63) is 54.1 Å². The van der Waals surface area contributed by atoms with E-state index < -0.39 is 0 Å². The molecule has 0 fully saturated rings. The van der Waals surface area contributed by atoms with E-state index in [4.69, 9.17) is 10.1 Å². The van der Waals surface area contributed by atoms with Crippen molar-refractivity contribution >= 4 is 22.6 Å². The molecule has 22 heavy (non-hydrogen) atoms. The van der Waals surface area contributed by atoms with Gasteiger partial charge in [-0.15, -0.1) is 5.10 Å². The third-order valence-electron chi connectivity index (χ3n) is 2.91. The molecule has 1 heterocycles. The molecule has 0 spiro atoms. The number of benzene rings is 2. The Morgan fingerprint density at radius 2 is 2.14 bits per heavy atom. The van der Waals surface area contributed by atoms with Crippen LogP contribution in [0, 0.1) is 11.3 Å². The number of nitrogens with zero attached hydrogens (tertiary/aromatic N) is 4. The van der Waals surface area contributed by atoms with Gasteiger partial charge < -0.3 is 10.2 Å². The predicted molar refractivity (Wildman–Crippen MR) is 78.8 cm³/mol. The van der Waals surface area contributed by atoms with Crippen molar-refractivity contribution in [3.8, 4) is 6.07 Å². The molecule has 3 aromatic rings. The minimum absolute atomic E-state index is 0.218. The average molecular weight is 293 g/mol. The number of fused-ring (bicyclic) bond motifs is 1. The third-order valence-corrected chi connectivity index (χ3v) is 2.91. The predicted octanol–water partition coefficient (Wildman–Crippen LogP) is 1.37. The molecule has 108 valence electrons. The first kappa shape index (κ1) is 13.6. The summed E-state index contributed by atoms with van der Waals surface area (Å²) in [6.07, 6.45) is 0. The number of nitrogens with one attached hydrogen (secondary N) is 1. The fourth-order valence-corrected chi connectivity index (χ4v) is 1.93. The summed E-state index contributed by atoms with van der Waals surface area (Å²) in [4.78, 5) is 18.4. The molecule has 1 amide bonds. The maximum Gasteiger partial charge on any atom is 0.265 e. The van der Waals surface area contributed by atoms with E-state index in [1.165, 1.54) is 4.85 Å². The van der Waals surface area contributed by atoms with E-state index in [0.717, 1.165) is 0 Å². The van der Waals surface area contributed by atoms with Crippen LogP contribution in [-0.4, -0.2) is 27.7 Å². The van der Waals surface area contributed by atoms with Gasteiger partial charge in [-0.1, -0.05) is 23.0 Å². The van der Waals surface area contributed by atoms with Crippen LogP contribution in [0.2, 0.25) is 0 Å². The number of aromatic nitrogens is 3. The monoisotopic (exact) mass is 293 g/mol. The maximum atomic E-state index is 11.9. The van der Waals surface area contributed by atoms with Gasteiger partial charge in [0.2, 0.25) is 0 Å². The quantitative estimate of drug-likeness (QED) is 0.784. The molecule has 3 rings (SSSR count). The second kappa shape index (κ2) is 5.93. The molecule has 0 saturated heterocycles. The van der Waals surface area contributed by atoms with Gasteiger partial charge in [0.05, 0.1) is 11.6 Å². The molecule has 2 aromatic carbocycles. The summed E-state index contributed by atoms with van der Waals surface area (Å²) < 4.78 is 0. The Kier molecular flexibility index (Phi) is 3.66. The van der Waals surface area contributed by atoms with Crippen molar-refractivity contribution in [2.24, 2.45) is 0 Å². The molecular weight excluding hydrogens is 282 g/mol. The second-order valence-corrected chi connectivity index (χ2v) is 4.47. The highest BCUT2D eigenvalue weighted by Crippen LogP contribution is 2.10. The lowest BCUT2D eigenvalue weighted by molar-refractivity contribution is -0.121. The second-order valence-electron chi connectivity index (χ2n) is 4.47. The van der Waals surface area contributed by atoms with Gasteiger partial charge in [-0.25, -0.2) is 0 Å². The van der Waals surface area contributed by atoms with Crippen molar-refractivity contribution < 1.29 is 9.63 Å². The number of rotatable bonds is 4. The van der Waals surface area contributed by atoms with Gasteiger partial charge >= 0.3 is 0 Å². The number of anilines is 1. The van der Waals surface area contributed by atoms with Gasteiger partial charge in [0.15, 0.2) is 6.61 Å². The highest BCUT2D eigenvalue weighted by molar-refractivity contribution is 5.91. The van der Waals surface area contributed by atoms with Crippen LogP contribution in [0.3, 0.4) is 0 Å². The molecule has 1 N–H and O–H groups in total. The van der Waals surface area contributed by atoms with Crippen LogP contribution in [0.25, 0.3) is 11.0 Å². The SMILES string of the molecule is N#Cc1cccc(NC(=O)COn2nnc3ccccc32)c1. The smallest absolute Gasteiger partial charge is 0.265 e. The summed E-state index contributed by atoms with van der Waals surface area (Å²) >= 11 is 0. The lowest BCUT2D eigenvalue weighted by Gasteiger charge is -2.07. The number of para-hydroxylation sites is 1. The minimum Gasteiger partial charge on any atom is -0.385 e. The van der Waals surface area contributed by atoms with E-state index in [1.54, 1.807) is 36.4 Å². The van der Waals surface area contributed by atoms with Crippen molar-refractivity contribution in [1.82, 2.24) is 15.2 Å². The van der Waals surface area contributed by atoms with Crippen LogP contribution in [0.4, 0.5) is 5.69 Å². The zero-order valence-electron chi connectivity index (χ0n) is 11.4. The lowest BCUT2D eigenvalue weighted by Crippen LogP contribution is -2.26. The van der Waals surface area contributed by atoms with Crippen molar-refractivity contribution in [2.75, 3.05) is 11.9 Å². The van der Waals surface area contributed by atoms with E-state index in [2.05, 4.69) is 15.6 Å². The Hall–Kier alpha value is -3.40. The first-order valence-electron chi connectivity index (χ1n) is 6.50. The number of nitriles is 1. The van der Waals surface area contributed by atoms with E-state index >= 15 is 0 Å². The molecule has 0 aliphatic carbocycles. The number of hydrogen-bond donors (Lipinski definition) is 1. The maximum absolute atomic E-state index is 11.9. The summed E-state index contributed by atoms with van der Waals surface area (Å²) in [7, 11) is 0. The zero-order valence-corrected chi connectivity index (χ0v) is 11.4. The van der Waals surface area contributed by atoms with Gasteiger partial charge in [-0.05, 0) is 35.5 Å². The van der Waals surface area contributed by atoms with Crippen molar-refractivity contribution in [3.63, 3.8) is 0 Å². The highest BCUT2D eigenvalue weighted by atomic mass is 16.7. The Labute approximate surface area is 125 Å². The fourth-order valence-electron chi connectivity index (χ4n) is 1.93. The number of carbonyl (C=O) groups excluding carboxylic acids is 1. The molecule has 7 nitrogen and oxygen atoms in total. The summed E-state index contributed by atoms with van der Waals surface area (Å²) in [5.41, 5.74) is 2.38. The molecule has 0 saturated carbocycles. The topological polar surface area (TPSA) is 92.8 Å². The normalized spacial score (nSPS) is 10.1. The molecule has 0 unspecified atom stereocenters. The molecule has 1 aromatic heterocycles. The molecule has 0 radical (unpaired) electrons. The van der Waals surface area contributed by atoms with E-state index in [1.807, 2.05) is 18.2 Å². The number of amides is 1. The number of hydrogen-bond acceptors (Lipinski definition) is 5. The third kappa shape index (κ3) is 2.86. The van der Waals surface area contributed by atoms with Crippen LogP contribution < -0.4 is 10.2 Å². The first-order chi connectivity index (χ1) is 10.8. The summed E-state index contributed by atoms with van der Waals surface area (Å²) in [6.45, 7) is -0.218. The Morgan fingerprint density at radius 3 is 3.00 bits per heavy atom. The average Bonchev–Trinajstić information content (AvgIpc) is 2.96. The van der Waals surface area contributed by atoms with Crippen LogP contribution in [0.5, 0.6) is 0 Å². The first-order valence-corrected chi connectivity index (χ1v) is 6.50. The van der Waals surface area contributed by atoms with Crippen molar-refractivity contribution in [1.29, 1.82) is 5.26 Å². The van der Waals surface area contributed by atoms with Crippen LogP contribution >= 0.6 is 0 Å². The molecule has 7 heteroatoms. The molecule has 0 bridgehead atoms. The summed E-state index contributed by atoms with van der Waals surface area (Å²) in [6, 6.07) is 15.9. The minimum atomic E-state index is -0.352. The fraction of sp³-hybridized carbons (Fsp3) is 0.0667. The van der Waals surface area contributed by atoms with Crippen molar-refractivity contribution in [2.45, 2.75) is 0 Å². The molecule has 0 aliphatic heterocycles. The van der Waals surface area contributed by atoms with Gasteiger partial charge in [-0.3, -0.25) is 4.79 Å².